The molecule has 6 nitrogen and oxygen atoms in total. The molecule has 1 atom stereocenters. The van der Waals surface area contributed by atoms with Crippen LogP contribution < -0.4 is 0 Å². The van der Waals surface area contributed by atoms with Crippen molar-refractivity contribution in [3.05, 3.63) is 85.1 Å². The van der Waals surface area contributed by atoms with Crippen LogP contribution in [0.3, 0.4) is 0 Å². The van der Waals surface area contributed by atoms with Gasteiger partial charge >= 0.3 is 17.9 Å². The summed E-state index contributed by atoms with van der Waals surface area (Å²) in [5, 5.41) is 0. The van der Waals surface area contributed by atoms with Crippen LogP contribution in [0.5, 0.6) is 0 Å². The third-order valence-corrected chi connectivity index (χ3v) is 14.7. The van der Waals surface area contributed by atoms with E-state index in [-0.39, 0.29) is 31.1 Å². The largest absolute Gasteiger partial charge is 0.462 e. The molecule has 0 aromatic rings. The van der Waals surface area contributed by atoms with E-state index in [9.17, 15) is 14.4 Å². The molecular weight excluding hydrogens is 961 g/mol. The van der Waals surface area contributed by atoms with Crippen molar-refractivity contribution in [2.24, 2.45) is 0 Å². The number of hydrogen-bond donors (Lipinski definition) is 0. The minimum atomic E-state index is -0.775. The highest BCUT2D eigenvalue weighted by atomic mass is 16.6. The van der Waals surface area contributed by atoms with Crippen molar-refractivity contribution in [3.63, 3.8) is 0 Å². The summed E-state index contributed by atoms with van der Waals surface area (Å²) in [7, 11) is 0. The predicted octanol–water partition coefficient (Wildman–Crippen LogP) is 23.1. The van der Waals surface area contributed by atoms with Gasteiger partial charge in [-0.2, -0.15) is 0 Å². The molecule has 0 bridgehead atoms. The highest BCUT2D eigenvalue weighted by Gasteiger charge is 2.19. The van der Waals surface area contributed by atoms with Gasteiger partial charge in [0.25, 0.3) is 0 Å². The third kappa shape index (κ3) is 63.4. The van der Waals surface area contributed by atoms with Crippen molar-refractivity contribution in [1.29, 1.82) is 0 Å². The Morgan fingerprint density at radius 2 is 0.500 bits per heavy atom. The van der Waals surface area contributed by atoms with Gasteiger partial charge in [0.2, 0.25) is 0 Å². The van der Waals surface area contributed by atoms with Gasteiger partial charge in [-0.25, -0.2) is 0 Å². The van der Waals surface area contributed by atoms with Gasteiger partial charge in [0, 0.05) is 19.3 Å². The summed E-state index contributed by atoms with van der Waals surface area (Å²) in [6, 6.07) is 0. The van der Waals surface area contributed by atoms with E-state index in [0.29, 0.717) is 19.3 Å². The summed E-state index contributed by atoms with van der Waals surface area (Å²) in [5.41, 5.74) is 0. The van der Waals surface area contributed by atoms with Gasteiger partial charge in [0.05, 0.1) is 0 Å². The quantitative estimate of drug-likeness (QED) is 0.0261. The van der Waals surface area contributed by atoms with E-state index in [1.807, 2.05) is 0 Å². The second kappa shape index (κ2) is 66.1. The van der Waals surface area contributed by atoms with Crippen molar-refractivity contribution >= 4 is 17.9 Å². The first-order valence-electron chi connectivity index (χ1n) is 33.6. The number of carbonyl (C=O) groups excluding carboxylic acids is 3. The zero-order valence-corrected chi connectivity index (χ0v) is 51.7. The van der Waals surface area contributed by atoms with E-state index in [0.717, 1.165) is 109 Å². The average molecular weight is 1090 g/mol. The lowest BCUT2D eigenvalue weighted by atomic mass is 10.0. The van der Waals surface area contributed by atoms with Crippen LogP contribution in [0.15, 0.2) is 85.1 Å². The summed E-state index contributed by atoms with van der Waals surface area (Å²) in [6.07, 6.45) is 87.4. The van der Waals surface area contributed by atoms with Crippen LogP contribution in [-0.4, -0.2) is 37.2 Å². The lowest BCUT2D eigenvalue weighted by Crippen LogP contribution is -2.30. The van der Waals surface area contributed by atoms with Crippen molar-refractivity contribution in [1.82, 2.24) is 0 Å². The van der Waals surface area contributed by atoms with Gasteiger partial charge < -0.3 is 14.2 Å². The van der Waals surface area contributed by atoms with Gasteiger partial charge in [-0.1, -0.05) is 324 Å². The van der Waals surface area contributed by atoms with Crippen molar-refractivity contribution in [3.8, 4) is 0 Å². The van der Waals surface area contributed by atoms with E-state index < -0.39 is 6.10 Å². The van der Waals surface area contributed by atoms with Gasteiger partial charge in [0.15, 0.2) is 6.10 Å². The fraction of sp³-hybridized carbons (Fsp3) is 0.764. The molecule has 0 spiro atoms. The van der Waals surface area contributed by atoms with Gasteiger partial charge in [0.1, 0.15) is 13.2 Å². The Morgan fingerprint density at radius 3 is 0.782 bits per heavy atom. The van der Waals surface area contributed by atoms with Gasteiger partial charge in [-0.15, -0.1) is 0 Å². The molecular formula is C72H126O6. The lowest BCUT2D eigenvalue weighted by molar-refractivity contribution is -0.167. The second-order valence-electron chi connectivity index (χ2n) is 22.4. The van der Waals surface area contributed by atoms with Crippen molar-refractivity contribution in [2.45, 2.75) is 341 Å². The molecule has 0 N–H and O–H groups in total. The highest BCUT2D eigenvalue weighted by molar-refractivity contribution is 5.71. The molecule has 0 aromatic carbocycles. The van der Waals surface area contributed by atoms with E-state index >= 15 is 0 Å². The zero-order valence-electron chi connectivity index (χ0n) is 51.7. The van der Waals surface area contributed by atoms with Crippen molar-refractivity contribution in [2.75, 3.05) is 13.2 Å². The molecule has 0 saturated carbocycles. The summed E-state index contributed by atoms with van der Waals surface area (Å²) in [4.78, 5) is 38.3. The molecule has 0 aromatic heterocycles. The minimum Gasteiger partial charge on any atom is -0.462 e. The molecule has 0 aliphatic heterocycles. The summed E-state index contributed by atoms with van der Waals surface area (Å²) in [6.45, 7) is 6.56. The SMILES string of the molecule is CC/C=C\C/C=C\C/C=C\C/C=C\C/C=C\C/C=C\C/C=C\CCCCCCCCCCCC(=O)OCC(COC(=O)CCCCCCCCCCCCCC)OC(=O)CCCCCCCCCCCCCCCCCCC. The van der Waals surface area contributed by atoms with Crippen LogP contribution >= 0.6 is 0 Å². The molecule has 6 heteroatoms. The number of esters is 3. The van der Waals surface area contributed by atoms with Crippen LogP contribution in [0.1, 0.15) is 335 Å². The van der Waals surface area contributed by atoms with E-state index in [2.05, 4.69) is 106 Å². The second-order valence-corrected chi connectivity index (χ2v) is 22.4. The molecule has 0 aliphatic carbocycles. The number of rotatable bonds is 61. The molecule has 1 unspecified atom stereocenters. The van der Waals surface area contributed by atoms with E-state index in [1.165, 1.54) is 186 Å². The first kappa shape index (κ1) is 74.6. The number of unbranched alkanes of at least 4 members (excludes halogenated alkanes) is 36. The topological polar surface area (TPSA) is 78.9 Å². The molecule has 0 heterocycles. The number of carbonyl (C=O) groups is 3. The standard InChI is InChI=1S/C72H126O6/c1-4-7-10-13-16-19-22-25-27-29-30-31-32-33-34-35-36-37-38-39-40-41-42-44-45-47-50-53-56-59-62-65-71(74)77-68-69(67-76-70(73)64-61-58-55-52-49-24-21-18-15-12-9-6-3)78-72(75)66-63-60-57-54-51-48-46-43-28-26-23-20-17-14-11-8-5-2/h7,10,16,19,25,27,30-31,33-34,36-37,39-40,69H,4-6,8-9,11-15,17-18,20-24,26,28-29,32,35,38,41-68H2,1-3H3/b10-7-,19-16-,27-25-,31-30-,34-33-,37-36-,40-39-. The maximum atomic E-state index is 12.9. The number of ether oxygens (including phenoxy) is 3. The van der Waals surface area contributed by atoms with Gasteiger partial charge in [-0.05, 0) is 77.0 Å². The summed E-state index contributed by atoms with van der Waals surface area (Å²) < 4.78 is 16.9. The Bertz CT molecular complexity index is 1480. The van der Waals surface area contributed by atoms with E-state index in [1.54, 1.807) is 0 Å². The Hall–Kier alpha value is -3.41. The third-order valence-electron chi connectivity index (χ3n) is 14.7. The van der Waals surface area contributed by atoms with Crippen LogP contribution in [0.25, 0.3) is 0 Å². The molecule has 0 amide bonds. The lowest BCUT2D eigenvalue weighted by Gasteiger charge is -2.18. The predicted molar refractivity (Wildman–Crippen MR) is 339 cm³/mol. The fourth-order valence-electron chi connectivity index (χ4n) is 9.66. The first-order valence-corrected chi connectivity index (χ1v) is 33.6. The summed E-state index contributed by atoms with van der Waals surface area (Å²) in [5.74, 6) is -0.861. The number of hydrogen-bond acceptors (Lipinski definition) is 6. The Balaban J connectivity index is 4.24. The minimum absolute atomic E-state index is 0.0725. The maximum absolute atomic E-state index is 12.9. The zero-order chi connectivity index (χ0) is 56.4. The van der Waals surface area contributed by atoms with Crippen molar-refractivity contribution < 1.29 is 28.6 Å². The molecule has 450 valence electrons. The van der Waals surface area contributed by atoms with Crippen LogP contribution in [0, 0.1) is 0 Å². The molecule has 0 fully saturated rings. The first-order chi connectivity index (χ1) is 38.5. The Morgan fingerprint density at radius 1 is 0.269 bits per heavy atom. The average Bonchev–Trinajstić information content (AvgIpc) is 3.44. The Labute approximate surface area is 484 Å². The van der Waals surface area contributed by atoms with Crippen LogP contribution in [-0.2, 0) is 28.6 Å². The van der Waals surface area contributed by atoms with E-state index in [4.69, 9.17) is 14.2 Å². The Kier molecular flexibility index (Phi) is 63.2. The fourth-order valence-corrected chi connectivity index (χ4v) is 9.66. The van der Waals surface area contributed by atoms with Gasteiger partial charge in [-0.3, -0.25) is 14.4 Å². The summed E-state index contributed by atoms with van der Waals surface area (Å²) >= 11 is 0. The molecule has 0 saturated heterocycles. The highest BCUT2D eigenvalue weighted by Crippen LogP contribution is 2.17. The van der Waals surface area contributed by atoms with Crippen LogP contribution in [0.2, 0.25) is 0 Å². The number of allylic oxidation sites excluding steroid dienone is 14. The van der Waals surface area contributed by atoms with Crippen LogP contribution in [0.4, 0.5) is 0 Å². The molecule has 78 heavy (non-hydrogen) atoms. The molecule has 0 aliphatic rings. The monoisotopic (exact) mass is 1090 g/mol. The molecule has 0 rings (SSSR count). The smallest absolute Gasteiger partial charge is 0.306 e. The normalized spacial score (nSPS) is 12.6. The maximum Gasteiger partial charge on any atom is 0.306 e. The molecule has 0 radical (unpaired) electrons.